The fraction of sp³-hybridized carbons (Fsp3) is 0.250. The molecule has 1 saturated heterocycles. The molecule has 0 radical (unpaired) electrons. The van der Waals surface area contributed by atoms with Crippen molar-refractivity contribution in [2.75, 3.05) is 38.3 Å². The minimum absolute atomic E-state index is 0.0123. The van der Waals surface area contributed by atoms with Gasteiger partial charge in [0.15, 0.2) is 17.3 Å². The van der Waals surface area contributed by atoms with Crippen molar-refractivity contribution in [2.45, 2.75) is 0 Å². The van der Waals surface area contributed by atoms with Gasteiger partial charge in [-0.3, -0.25) is 4.79 Å². The van der Waals surface area contributed by atoms with Crippen molar-refractivity contribution in [2.24, 2.45) is 0 Å². The van der Waals surface area contributed by atoms with Gasteiger partial charge in [-0.2, -0.15) is 0 Å². The van der Waals surface area contributed by atoms with E-state index in [0.717, 1.165) is 0 Å². The highest BCUT2D eigenvalue weighted by Gasteiger charge is 2.16. The second-order valence-electron chi connectivity index (χ2n) is 6.02. The van der Waals surface area contributed by atoms with Crippen LogP contribution >= 0.6 is 15.9 Å². The third kappa shape index (κ3) is 4.48. The molecule has 5 nitrogen and oxygen atoms in total. The maximum absolute atomic E-state index is 14.4. The van der Waals surface area contributed by atoms with Crippen LogP contribution < -0.4 is 9.64 Å². The van der Waals surface area contributed by atoms with Crippen LogP contribution in [-0.4, -0.2) is 44.3 Å². The van der Waals surface area contributed by atoms with Gasteiger partial charge in [-0.05, 0) is 57.9 Å². The number of benzene rings is 2. The number of phenols is 1. The lowest BCUT2D eigenvalue weighted by atomic mass is 10.1. The molecule has 2 aromatic rings. The van der Waals surface area contributed by atoms with Crippen LogP contribution in [0, 0.1) is 5.82 Å². The number of carbonyl (C=O) groups excluding carboxylic acids is 1. The number of hydrogen-bond donors (Lipinski definition) is 1. The lowest BCUT2D eigenvalue weighted by molar-refractivity contribution is 0.104. The summed E-state index contributed by atoms with van der Waals surface area (Å²) < 4.78 is 25.3. The van der Waals surface area contributed by atoms with Crippen LogP contribution in [0.2, 0.25) is 0 Å². The summed E-state index contributed by atoms with van der Waals surface area (Å²) in [6.07, 6.45) is 2.95. The Morgan fingerprint density at radius 2 is 2.04 bits per heavy atom. The number of phenolic OH excluding ortho intramolecular Hbond substituents is 1. The van der Waals surface area contributed by atoms with Crippen molar-refractivity contribution in [3.8, 4) is 11.5 Å². The summed E-state index contributed by atoms with van der Waals surface area (Å²) >= 11 is 3.23. The molecule has 0 saturated carbocycles. The van der Waals surface area contributed by atoms with E-state index in [1.165, 1.54) is 19.3 Å². The van der Waals surface area contributed by atoms with Crippen LogP contribution in [0.3, 0.4) is 0 Å². The first-order chi connectivity index (χ1) is 13.0. The van der Waals surface area contributed by atoms with Crippen molar-refractivity contribution in [3.05, 3.63) is 57.8 Å². The summed E-state index contributed by atoms with van der Waals surface area (Å²) in [6, 6.07) is 7.76. The second-order valence-corrected chi connectivity index (χ2v) is 6.87. The Bertz CT molecular complexity index is 879. The number of nitrogens with zero attached hydrogens (tertiary/aromatic N) is 1. The topological polar surface area (TPSA) is 59.0 Å². The maximum Gasteiger partial charge on any atom is 0.185 e. The molecule has 7 heteroatoms. The van der Waals surface area contributed by atoms with Gasteiger partial charge in [0, 0.05) is 18.7 Å². The van der Waals surface area contributed by atoms with Crippen molar-refractivity contribution >= 4 is 33.5 Å². The van der Waals surface area contributed by atoms with E-state index in [1.54, 1.807) is 30.3 Å². The van der Waals surface area contributed by atoms with E-state index in [2.05, 4.69) is 15.9 Å². The number of ether oxygens (including phenoxy) is 2. The van der Waals surface area contributed by atoms with E-state index in [0.29, 0.717) is 42.0 Å². The third-order valence-electron chi connectivity index (χ3n) is 4.28. The average molecular weight is 436 g/mol. The van der Waals surface area contributed by atoms with Crippen molar-refractivity contribution in [1.82, 2.24) is 0 Å². The largest absolute Gasteiger partial charge is 0.503 e. The van der Waals surface area contributed by atoms with Gasteiger partial charge in [0.1, 0.15) is 5.82 Å². The predicted octanol–water partition coefficient (Wildman–Crippen LogP) is 4.04. The molecule has 0 atom stereocenters. The molecule has 1 aliphatic rings. The molecular weight excluding hydrogens is 417 g/mol. The van der Waals surface area contributed by atoms with Gasteiger partial charge >= 0.3 is 0 Å². The molecule has 0 amide bonds. The summed E-state index contributed by atoms with van der Waals surface area (Å²) in [5, 5.41) is 9.83. The molecule has 0 unspecified atom stereocenters. The van der Waals surface area contributed by atoms with Crippen molar-refractivity contribution in [1.29, 1.82) is 0 Å². The van der Waals surface area contributed by atoms with Crippen LogP contribution in [-0.2, 0) is 4.74 Å². The molecule has 142 valence electrons. The third-order valence-corrected chi connectivity index (χ3v) is 4.89. The summed E-state index contributed by atoms with van der Waals surface area (Å²) in [7, 11) is 1.44. The molecule has 0 bridgehead atoms. The highest BCUT2D eigenvalue weighted by atomic mass is 79.9. The molecule has 0 spiro atoms. The highest BCUT2D eigenvalue weighted by molar-refractivity contribution is 9.10. The number of anilines is 1. The van der Waals surface area contributed by atoms with E-state index < -0.39 is 5.82 Å². The number of rotatable bonds is 5. The SMILES string of the molecule is COc1cc(C=CC(=O)c2ccc(N3CCOCC3)c(F)c2)cc(Br)c1O. The molecule has 3 rings (SSSR count). The Balaban J connectivity index is 1.77. The van der Waals surface area contributed by atoms with Gasteiger partial charge in [-0.1, -0.05) is 6.08 Å². The zero-order valence-corrected chi connectivity index (χ0v) is 16.3. The summed E-state index contributed by atoms with van der Waals surface area (Å²) in [5.74, 6) is -0.463. The number of carbonyl (C=O) groups is 1. The van der Waals surface area contributed by atoms with Gasteiger partial charge in [-0.25, -0.2) is 4.39 Å². The number of morpholine rings is 1. The van der Waals surface area contributed by atoms with Gasteiger partial charge in [-0.15, -0.1) is 0 Å². The first kappa shape index (κ1) is 19.4. The summed E-state index contributed by atoms with van der Waals surface area (Å²) in [5.41, 5.74) is 1.41. The normalized spacial score (nSPS) is 14.6. The van der Waals surface area contributed by atoms with Crippen LogP contribution in [0.15, 0.2) is 40.9 Å². The number of aromatic hydroxyl groups is 1. The van der Waals surface area contributed by atoms with Crippen LogP contribution in [0.1, 0.15) is 15.9 Å². The number of allylic oxidation sites excluding steroid dienone is 1. The molecule has 2 aromatic carbocycles. The van der Waals surface area contributed by atoms with E-state index in [-0.39, 0.29) is 22.8 Å². The first-order valence-corrected chi connectivity index (χ1v) is 9.20. The molecule has 0 aliphatic carbocycles. The smallest absolute Gasteiger partial charge is 0.185 e. The fourth-order valence-electron chi connectivity index (χ4n) is 2.83. The number of ketones is 1. The van der Waals surface area contributed by atoms with E-state index in [9.17, 15) is 14.3 Å². The summed E-state index contributed by atoms with van der Waals surface area (Å²) in [6.45, 7) is 2.38. The average Bonchev–Trinajstić information content (AvgIpc) is 2.69. The second kappa shape index (κ2) is 8.54. The Morgan fingerprint density at radius 1 is 1.30 bits per heavy atom. The molecule has 1 heterocycles. The molecule has 27 heavy (non-hydrogen) atoms. The van der Waals surface area contributed by atoms with Crippen molar-refractivity contribution in [3.63, 3.8) is 0 Å². The lowest BCUT2D eigenvalue weighted by Gasteiger charge is -2.29. The van der Waals surface area contributed by atoms with Gasteiger partial charge < -0.3 is 19.5 Å². The van der Waals surface area contributed by atoms with Crippen LogP contribution in [0.25, 0.3) is 6.08 Å². The number of methoxy groups -OCH3 is 1. The van der Waals surface area contributed by atoms with E-state index >= 15 is 0 Å². The zero-order valence-electron chi connectivity index (χ0n) is 14.7. The Labute approximate surface area is 165 Å². The number of halogens is 2. The fourth-order valence-corrected chi connectivity index (χ4v) is 3.29. The van der Waals surface area contributed by atoms with Crippen molar-refractivity contribution < 1.29 is 23.8 Å². The van der Waals surface area contributed by atoms with Crippen LogP contribution in [0.5, 0.6) is 11.5 Å². The van der Waals surface area contributed by atoms with Gasteiger partial charge in [0.25, 0.3) is 0 Å². The van der Waals surface area contributed by atoms with Gasteiger partial charge in [0.05, 0.1) is 30.5 Å². The lowest BCUT2D eigenvalue weighted by Crippen LogP contribution is -2.36. The van der Waals surface area contributed by atoms with E-state index in [1.807, 2.05) is 4.90 Å². The Kier molecular flexibility index (Phi) is 6.13. The molecule has 0 aromatic heterocycles. The van der Waals surface area contributed by atoms with Crippen LogP contribution in [0.4, 0.5) is 10.1 Å². The molecule has 1 aliphatic heterocycles. The standard InChI is InChI=1S/C20H19BrFNO4/c1-26-19-11-13(10-15(21)20(19)25)2-5-18(24)14-3-4-17(16(22)12-14)23-6-8-27-9-7-23/h2-5,10-12,25H,6-9H2,1H3. The monoisotopic (exact) mass is 435 g/mol. The minimum Gasteiger partial charge on any atom is -0.503 e. The molecular formula is C20H19BrFNO4. The predicted molar refractivity (Wildman–Crippen MR) is 105 cm³/mol. The zero-order chi connectivity index (χ0) is 19.4. The first-order valence-electron chi connectivity index (χ1n) is 8.40. The summed E-state index contributed by atoms with van der Waals surface area (Å²) in [4.78, 5) is 14.3. The Hall–Kier alpha value is -2.38. The van der Waals surface area contributed by atoms with E-state index in [4.69, 9.17) is 9.47 Å². The number of hydrogen-bond acceptors (Lipinski definition) is 5. The quantitative estimate of drug-likeness (QED) is 0.567. The molecule has 1 N–H and O–H groups in total. The maximum atomic E-state index is 14.4. The minimum atomic E-state index is -0.426. The highest BCUT2D eigenvalue weighted by Crippen LogP contribution is 2.35. The van der Waals surface area contributed by atoms with Gasteiger partial charge in [0.2, 0.25) is 0 Å². The Morgan fingerprint density at radius 3 is 2.70 bits per heavy atom. The molecule has 1 fully saturated rings.